The molecule has 3 nitrogen and oxygen atoms in total. The molecule has 0 atom stereocenters. The van der Waals surface area contributed by atoms with Crippen LogP contribution in [0, 0.1) is 0 Å². The third kappa shape index (κ3) is 1.79. The monoisotopic (exact) mass is 263 g/mol. The van der Waals surface area contributed by atoms with Crippen LogP contribution in [0.2, 0.25) is 5.02 Å². The minimum Gasteiger partial charge on any atom is -0.380 e. The Bertz CT molecular complexity index is 671. The predicted molar refractivity (Wildman–Crippen MR) is 74.0 cm³/mol. The van der Waals surface area contributed by atoms with E-state index in [9.17, 15) is 0 Å². The largest absolute Gasteiger partial charge is 0.380 e. The molecule has 0 radical (unpaired) electrons. The van der Waals surface area contributed by atoms with Crippen LogP contribution in [0.25, 0.3) is 21.3 Å². The Labute approximate surface area is 107 Å². The third-order valence-corrected chi connectivity index (χ3v) is 4.09. The number of nitrogens with one attached hydrogen (secondary N) is 2. The zero-order chi connectivity index (χ0) is 11.8. The number of thiophene rings is 1. The van der Waals surface area contributed by atoms with Gasteiger partial charge >= 0.3 is 0 Å². The van der Waals surface area contributed by atoms with Crippen LogP contribution in [-0.4, -0.2) is 17.2 Å². The minimum absolute atomic E-state index is 0.742. The first-order chi connectivity index (χ1) is 8.28. The van der Waals surface area contributed by atoms with Gasteiger partial charge in [-0.05, 0) is 24.3 Å². The van der Waals surface area contributed by atoms with Crippen LogP contribution in [0.4, 0.5) is 5.00 Å². The summed E-state index contributed by atoms with van der Waals surface area (Å²) < 4.78 is 0. The van der Waals surface area contributed by atoms with Gasteiger partial charge in [0, 0.05) is 22.9 Å². The first-order valence-electron chi connectivity index (χ1n) is 5.18. The summed E-state index contributed by atoms with van der Waals surface area (Å²) in [4.78, 5) is 1.16. The molecular weight excluding hydrogens is 254 g/mol. The number of hydrogen-bond acceptors (Lipinski definition) is 3. The van der Waals surface area contributed by atoms with Crippen LogP contribution in [0.5, 0.6) is 0 Å². The smallest absolute Gasteiger partial charge is 0.0886 e. The van der Waals surface area contributed by atoms with Gasteiger partial charge in [0.15, 0.2) is 0 Å². The van der Waals surface area contributed by atoms with E-state index in [1.54, 1.807) is 11.3 Å². The molecule has 0 bridgehead atoms. The van der Waals surface area contributed by atoms with Crippen molar-refractivity contribution in [3.05, 3.63) is 35.5 Å². The summed E-state index contributed by atoms with van der Waals surface area (Å²) in [6.45, 7) is 0. The van der Waals surface area contributed by atoms with E-state index in [1.807, 2.05) is 19.3 Å². The number of benzene rings is 1. The second-order valence-electron chi connectivity index (χ2n) is 3.70. The minimum atomic E-state index is 0.742. The summed E-state index contributed by atoms with van der Waals surface area (Å²) in [6.07, 6.45) is 1.81. The summed E-state index contributed by atoms with van der Waals surface area (Å²) in [7, 11) is 1.91. The maximum atomic E-state index is 6.29. The number of fused-ring (bicyclic) bond motifs is 1. The molecule has 86 valence electrons. The van der Waals surface area contributed by atoms with E-state index < -0.39 is 0 Å². The van der Waals surface area contributed by atoms with Gasteiger partial charge in [-0.3, -0.25) is 5.10 Å². The van der Waals surface area contributed by atoms with Gasteiger partial charge in [0.2, 0.25) is 0 Å². The molecule has 1 aromatic carbocycles. The van der Waals surface area contributed by atoms with Gasteiger partial charge in [0.05, 0.1) is 21.7 Å². The molecule has 0 saturated carbocycles. The summed E-state index contributed by atoms with van der Waals surface area (Å²) in [6, 6.07) is 8.10. The average molecular weight is 264 g/mol. The highest BCUT2D eigenvalue weighted by molar-refractivity contribution is 7.19. The lowest BCUT2D eigenvalue weighted by Gasteiger charge is -2.01. The zero-order valence-electron chi connectivity index (χ0n) is 9.12. The number of anilines is 1. The first kappa shape index (κ1) is 10.6. The Morgan fingerprint density at radius 2 is 2.24 bits per heavy atom. The number of hydrogen-bond donors (Lipinski definition) is 2. The predicted octanol–water partition coefficient (Wildman–Crippen LogP) is 3.99. The molecule has 5 heteroatoms. The molecule has 0 saturated heterocycles. The lowest BCUT2D eigenvalue weighted by molar-refractivity contribution is 1.12. The van der Waals surface area contributed by atoms with Gasteiger partial charge in [-0.1, -0.05) is 11.6 Å². The summed E-state index contributed by atoms with van der Waals surface area (Å²) in [5.74, 6) is 0. The van der Waals surface area contributed by atoms with Crippen molar-refractivity contribution < 1.29 is 0 Å². The maximum Gasteiger partial charge on any atom is 0.0886 e. The highest BCUT2D eigenvalue weighted by Crippen LogP contribution is 2.37. The highest BCUT2D eigenvalue weighted by Gasteiger charge is 2.09. The van der Waals surface area contributed by atoms with Crippen molar-refractivity contribution in [3.8, 4) is 10.4 Å². The molecule has 3 rings (SSSR count). The van der Waals surface area contributed by atoms with Crippen molar-refractivity contribution in [3.63, 3.8) is 0 Å². The zero-order valence-corrected chi connectivity index (χ0v) is 10.7. The van der Waals surface area contributed by atoms with E-state index in [0.29, 0.717) is 0 Å². The number of halogens is 1. The lowest BCUT2D eigenvalue weighted by Crippen LogP contribution is -1.80. The van der Waals surface area contributed by atoms with Gasteiger partial charge in [0.25, 0.3) is 0 Å². The molecule has 0 amide bonds. The molecule has 2 heterocycles. The van der Waals surface area contributed by atoms with E-state index in [2.05, 4.69) is 33.7 Å². The highest BCUT2D eigenvalue weighted by atomic mass is 35.5. The standard InChI is InChI=1S/C12H10ClN3S/c1-14-12-3-2-11(17-12)8-4-7-6-15-16-10(7)5-9(8)13/h2-6,14H,1H3,(H,15,16). The van der Waals surface area contributed by atoms with Gasteiger partial charge in [-0.2, -0.15) is 5.10 Å². The van der Waals surface area contributed by atoms with Crippen molar-refractivity contribution in [1.29, 1.82) is 0 Å². The van der Waals surface area contributed by atoms with E-state index in [0.717, 1.165) is 31.4 Å². The van der Waals surface area contributed by atoms with Crippen molar-refractivity contribution in [2.24, 2.45) is 0 Å². The molecule has 0 aliphatic rings. The summed E-state index contributed by atoms with van der Waals surface area (Å²) >= 11 is 7.97. The van der Waals surface area contributed by atoms with Crippen molar-refractivity contribution in [2.45, 2.75) is 0 Å². The molecule has 0 unspecified atom stereocenters. The Morgan fingerprint density at radius 1 is 1.35 bits per heavy atom. The average Bonchev–Trinajstić information content (AvgIpc) is 2.94. The molecule has 2 N–H and O–H groups in total. The van der Waals surface area contributed by atoms with Gasteiger partial charge in [0.1, 0.15) is 0 Å². The number of H-pyrrole nitrogens is 1. The first-order valence-corrected chi connectivity index (χ1v) is 6.38. The van der Waals surface area contributed by atoms with Crippen LogP contribution < -0.4 is 5.32 Å². The van der Waals surface area contributed by atoms with Crippen molar-refractivity contribution in [1.82, 2.24) is 10.2 Å². The van der Waals surface area contributed by atoms with Crippen LogP contribution in [0.1, 0.15) is 0 Å². The molecule has 0 spiro atoms. The van der Waals surface area contributed by atoms with E-state index in [-0.39, 0.29) is 0 Å². The number of rotatable bonds is 2. The van der Waals surface area contributed by atoms with Crippen LogP contribution in [-0.2, 0) is 0 Å². The summed E-state index contributed by atoms with van der Waals surface area (Å²) in [5.41, 5.74) is 2.01. The quantitative estimate of drug-likeness (QED) is 0.734. The van der Waals surface area contributed by atoms with E-state index >= 15 is 0 Å². The number of aromatic amines is 1. The van der Waals surface area contributed by atoms with Crippen LogP contribution in [0.3, 0.4) is 0 Å². The van der Waals surface area contributed by atoms with Crippen LogP contribution >= 0.6 is 22.9 Å². The van der Waals surface area contributed by atoms with Crippen LogP contribution in [0.15, 0.2) is 30.5 Å². The second kappa shape index (κ2) is 4.05. The topological polar surface area (TPSA) is 40.7 Å². The van der Waals surface area contributed by atoms with E-state index in [4.69, 9.17) is 11.6 Å². The Kier molecular flexibility index (Phi) is 2.53. The van der Waals surface area contributed by atoms with Crippen molar-refractivity contribution in [2.75, 3.05) is 12.4 Å². The Morgan fingerprint density at radius 3 is 3.00 bits per heavy atom. The van der Waals surface area contributed by atoms with Gasteiger partial charge in [-0.25, -0.2) is 0 Å². The molecular formula is C12H10ClN3S. The maximum absolute atomic E-state index is 6.29. The molecule has 17 heavy (non-hydrogen) atoms. The fraction of sp³-hybridized carbons (Fsp3) is 0.0833. The molecule has 3 aromatic rings. The Balaban J connectivity index is 2.18. The fourth-order valence-corrected chi connectivity index (χ4v) is 2.98. The molecule has 2 aromatic heterocycles. The second-order valence-corrected chi connectivity index (χ2v) is 5.19. The number of nitrogens with zero attached hydrogens (tertiary/aromatic N) is 1. The Hall–Kier alpha value is -1.52. The molecule has 0 aliphatic carbocycles. The lowest BCUT2D eigenvalue weighted by atomic mass is 10.1. The fourth-order valence-electron chi connectivity index (χ4n) is 1.77. The third-order valence-electron chi connectivity index (χ3n) is 2.65. The molecule has 0 fully saturated rings. The van der Waals surface area contributed by atoms with Gasteiger partial charge < -0.3 is 5.32 Å². The van der Waals surface area contributed by atoms with Crippen molar-refractivity contribution >= 4 is 38.8 Å². The van der Waals surface area contributed by atoms with E-state index in [1.165, 1.54) is 0 Å². The van der Waals surface area contributed by atoms with Gasteiger partial charge in [-0.15, -0.1) is 11.3 Å². The normalized spacial score (nSPS) is 10.9. The number of aromatic nitrogens is 2. The SMILES string of the molecule is CNc1ccc(-c2cc3cn[nH]c3cc2Cl)s1. The molecule has 0 aliphatic heterocycles. The summed E-state index contributed by atoms with van der Waals surface area (Å²) in [5, 5.41) is 13.0.